The first-order valence-corrected chi connectivity index (χ1v) is 10.8. The molecule has 2 aromatic carbocycles. The van der Waals surface area contributed by atoms with Crippen molar-refractivity contribution in [1.29, 1.82) is 0 Å². The Kier molecular flexibility index (Phi) is 5.66. The van der Waals surface area contributed by atoms with Crippen molar-refractivity contribution >= 4 is 38.3 Å². The summed E-state index contributed by atoms with van der Waals surface area (Å²) in [5, 5.41) is 10.5. The van der Waals surface area contributed by atoms with Gasteiger partial charge in [-0.15, -0.1) is 0 Å². The molecule has 0 spiro atoms. The summed E-state index contributed by atoms with van der Waals surface area (Å²) in [4.78, 5) is 4.05. The molecular weight excluding hydrogens is 482 g/mol. The fourth-order valence-corrected chi connectivity index (χ4v) is 4.47. The van der Waals surface area contributed by atoms with Crippen molar-refractivity contribution in [3.8, 4) is 5.75 Å². The van der Waals surface area contributed by atoms with Crippen LogP contribution in [0, 0.1) is 9.39 Å². The Labute approximate surface area is 170 Å². The number of hydrogen-bond donors (Lipinski definition) is 1. The second-order valence-electron chi connectivity index (χ2n) is 5.88. The summed E-state index contributed by atoms with van der Waals surface area (Å²) >= 11 is 1.91. The summed E-state index contributed by atoms with van der Waals surface area (Å²) in [6.45, 7) is 0. The molecule has 0 aliphatic rings. The van der Waals surface area contributed by atoms with Gasteiger partial charge in [-0.3, -0.25) is 9.29 Å². The molecule has 8 heteroatoms. The highest BCUT2D eigenvalue weighted by molar-refractivity contribution is 14.1. The molecule has 0 fully saturated rings. The maximum atomic E-state index is 14.7. The third-order valence-corrected chi connectivity index (χ3v) is 5.99. The van der Waals surface area contributed by atoms with Crippen molar-refractivity contribution in [2.45, 2.75) is 6.04 Å². The summed E-state index contributed by atoms with van der Waals surface area (Å²) in [7, 11) is -3.89. The minimum atomic E-state index is -3.89. The number of sulfonamides is 1. The first kappa shape index (κ1) is 19.6. The Morgan fingerprint density at radius 1 is 1.11 bits per heavy atom. The van der Waals surface area contributed by atoms with Crippen LogP contribution in [0.1, 0.15) is 17.2 Å². The summed E-state index contributed by atoms with van der Waals surface area (Å²) < 4.78 is 41.7. The van der Waals surface area contributed by atoms with Gasteiger partial charge in [0.1, 0.15) is 5.82 Å². The highest BCUT2D eigenvalue weighted by Crippen LogP contribution is 2.41. The Morgan fingerprint density at radius 2 is 1.85 bits per heavy atom. The Bertz CT molecular complexity index is 1060. The number of hydrogen-bond acceptors (Lipinski definition) is 4. The zero-order valence-corrected chi connectivity index (χ0v) is 17.2. The van der Waals surface area contributed by atoms with Gasteiger partial charge >= 0.3 is 0 Å². The quantitative estimate of drug-likeness (QED) is 0.539. The van der Waals surface area contributed by atoms with E-state index < -0.39 is 21.9 Å². The first-order chi connectivity index (χ1) is 12.8. The van der Waals surface area contributed by atoms with Gasteiger partial charge in [-0.25, -0.2) is 12.8 Å². The molecule has 5 nitrogen and oxygen atoms in total. The number of halogens is 2. The van der Waals surface area contributed by atoms with E-state index in [-0.39, 0.29) is 17.0 Å². The molecule has 1 unspecified atom stereocenters. The van der Waals surface area contributed by atoms with Crippen molar-refractivity contribution in [2.24, 2.45) is 0 Å². The fraction of sp³-hybridized carbons (Fsp3) is 0.105. The maximum absolute atomic E-state index is 14.7. The molecule has 0 aliphatic carbocycles. The fourth-order valence-electron chi connectivity index (χ4n) is 2.87. The minimum Gasteiger partial charge on any atom is -0.505 e. The molecule has 0 saturated heterocycles. The lowest BCUT2D eigenvalue weighted by Crippen LogP contribution is -2.35. The topological polar surface area (TPSA) is 70.5 Å². The van der Waals surface area contributed by atoms with Gasteiger partial charge in [-0.1, -0.05) is 30.3 Å². The van der Waals surface area contributed by atoms with Crippen LogP contribution in [-0.4, -0.2) is 24.8 Å². The lowest BCUT2D eigenvalue weighted by Gasteiger charge is -2.33. The van der Waals surface area contributed by atoms with E-state index in [0.717, 1.165) is 10.6 Å². The Hall–Kier alpha value is -2.20. The predicted molar refractivity (Wildman–Crippen MR) is 111 cm³/mol. The average molecular weight is 498 g/mol. The van der Waals surface area contributed by atoms with Crippen molar-refractivity contribution in [2.75, 3.05) is 10.6 Å². The molecule has 1 atom stereocenters. The minimum absolute atomic E-state index is 0.0708. The number of aromatic nitrogens is 1. The number of pyridine rings is 1. The molecule has 140 valence electrons. The molecule has 0 saturated carbocycles. The molecule has 1 heterocycles. The molecule has 1 aromatic heterocycles. The first-order valence-electron chi connectivity index (χ1n) is 7.92. The average Bonchev–Trinajstić information content (AvgIpc) is 2.63. The smallest absolute Gasteiger partial charge is 0.233 e. The molecule has 0 aliphatic heterocycles. The molecule has 0 bridgehead atoms. The van der Waals surface area contributed by atoms with E-state index in [2.05, 4.69) is 4.98 Å². The molecule has 0 amide bonds. The summed E-state index contributed by atoms with van der Waals surface area (Å²) in [6, 6.07) is 13.0. The lowest BCUT2D eigenvalue weighted by atomic mass is 9.99. The molecule has 0 radical (unpaired) electrons. The number of rotatable bonds is 5. The zero-order valence-electron chi connectivity index (χ0n) is 14.3. The predicted octanol–water partition coefficient (Wildman–Crippen LogP) is 4.09. The molecule has 1 N–H and O–H groups in total. The normalized spacial score (nSPS) is 12.6. The van der Waals surface area contributed by atoms with E-state index in [1.807, 2.05) is 22.6 Å². The second kappa shape index (κ2) is 7.81. The van der Waals surface area contributed by atoms with Gasteiger partial charge < -0.3 is 5.11 Å². The van der Waals surface area contributed by atoms with Crippen molar-refractivity contribution < 1.29 is 17.9 Å². The van der Waals surface area contributed by atoms with Gasteiger partial charge in [0.15, 0.2) is 5.75 Å². The Balaban J connectivity index is 2.33. The number of phenols is 1. The lowest BCUT2D eigenvalue weighted by molar-refractivity contribution is 0.470. The van der Waals surface area contributed by atoms with Crippen LogP contribution in [0.4, 0.5) is 10.1 Å². The van der Waals surface area contributed by atoms with E-state index in [1.165, 1.54) is 30.5 Å². The van der Waals surface area contributed by atoms with Crippen LogP contribution in [0.2, 0.25) is 0 Å². The van der Waals surface area contributed by atoms with E-state index in [1.54, 1.807) is 36.5 Å². The Morgan fingerprint density at radius 3 is 2.48 bits per heavy atom. The SMILES string of the molecule is CS(=O)(=O)N(c1cccc(I)c1O)C(c1cccnc1)c1ccccc1F. The number of benzene rings is 2. The number of para-hydroxylation sites is 1. The van der Waals surface area contributed by atoms with Gasteiger partial charge in [0.05, 0.1) is 21.6 Å². The van der Waals surface area contributed by atoms with Crippen LogP contribution in [-0.2, 0) is 10.0 Å². The number of phenolic OH excluding ortho intramolecular Hbond substituents is 1. The zero-order chi connectivity index (χ0) is 19.6. The van der Waals surface area contributed by atoms with Crippen LogP contribution in [0.25, 0.3) is 0 Å². The number of nitrogens with zero attached hydrogens (tertiary/aromatic N) is 2. The number of anilines is 1. The third kappa shape index (κ3) is 4.06. The molecular formula is C19H16FIN2O3S. The van der Waals surface area contributed by atoms with Crippen LogP contribution < -0.4 is 4.31 Å². The van der Waals surface area contributed by atoms with Gasteiger partial charge in [0.2, 0.25) is 10.0 Å². The second-order valence-corrected chi connectivity index (χ2v) is 8.90. The van der Waals surface area contributed by atoms with E-state index in [0.29, 0.717) is 9.13 Å². The molecule has 3 rings (SSSR count). The van der Waals surface area contributed by atoms with E-state index >= 15 is 0 Å². The van der Waals surface area contributed by atoms with Crippen LogP contribution in [0.5, 0.6) is 5.75 Å². The van der Waals surface area contributed by atoms with Gasteiger partial charge in [-0.05, 0) is 52.4 Å². The van der Waals surface area contributed by atoms with E-state index in [4.69, 9.17) is 0 Å². The van der Waals surface area contributed by atoms with Crippen molar-refractivity contribution in [3.05, 3.63) is 87.5 Å². The van der Waals surface area contributed by atoms with Crippen molar-refractivity contribution in [1.82, 2.24) is 4.98 Å². The van der Waals surface area contributed by atoms with Gasteiger partial charge in [-0.2, -0.15) is 0 Å². The standard InChI is InChI=1S/C19H16FIN2O3S/c1-27(25,26)23(17-10-4-9-16(21)19(17)24)18(13-6-5-11-22-12-13)14-7-2-3-8-15(14)20/h2-12,18,24H,1H3. The molecule has 27 heavy (non-hydrogen) atoms. The highest BCUT2D eigenvalue weighted by atomic mass is 127. The number of aromatic hydroxyl groups is 1. The van der Waals surface area contributed by atoms with Crippen LogP contribution in [0.15, 0.2) is 67.0 Å². The van der Waals surface area contributed by atoms with Crippen molar-refractivity contribution in [3.63, 3.8) is 0 Å². The van der Waals surface area contributed by atoms with Gasteiger partial charge in [0, 0.05) is 18.0 Å². The summed E-state index contributed by atoms with van der Waals surface area (Å²) in [5.41, 5.74) is 0.710. The van der Waals surface area contributed by atoms with Gasteiger partial charge in [0.25, 0.3) is 0 Å². The monoisotopic (exact) mass is 498 g/mol. The highest BCUT2D eigenvalue weighted by Gasteiger charge is 2.33. The third-order valence-electron chi connectivity index (χ3n) is 3.99. The molecule has 3 aromatic rings. The van der Waals surface area contributed by atoms with Crippen LogP contribution in [0.3, 0.4) is 0 Å². The summed E-state index contributed by atoms with van der Waals surface area (Å²) in [6.07, 6.45) is 4.06. The van der Waals surface area contributed by atoms with Crippen LogP contribution >= 0.6 is 22.6 Å². The largest absolute Gasteiger partial charge is 0.505 e. The van der Waals surface area contributed by atoms with E-state index in [9.17, 15) is 17.9 Å². The maximum Gasteiger partial charge on any atom is 0.233 e. The summed E-state index contributed by atoms with van der Waals surface area (Å²) in [5.74, 6) is -0.737.